The molecule has 1 saturated heterocycles. The van der Waals surface area contributed by atoms with Crippen LogP contribution in [0.1, 0.15) is 33.3 Å². The molecule has 0 saturated carbocycles. The summed E-state index contributed by atoms with van der Waals surface area (Å²) in [7, 11) is 0. The number of rotatable bonds is 4. The molecule has 136 valence electrons. The summed E-state index contributed by atoms with van der Waals surface area (Å²) >= 11 is 0. The van der Waals surface area contributed by atoms with Crippen molar-refractivity contribution in [1.82, 2.24) is 9.80 Å². The molecule has 0 aliphatic carbocycles. The van der Waals surface area contributed by atoms with E-state index < -0.39 is 11.7 Å². The molecule has 0 spiro atoms. The number of carbonyl (C=O) groups excluding carboxylic acids is 1. The second-order valence-electron chi connectivity index (χ2n) is 7.34. The van der Waals surface area contributed by atoms with Crippen molar-refractivity contribution >= 4 is 6.09 Å². The van der Waals surface area contributed by atoms with E-state index in [0.29, 0.717) is 19.6 Å². The average molecular weight is 344 g/mol. The normalized spacial score (nSPS) is 20.3. The molecule has 0 aromatic heterocycles. The first kappa shape index (κ1) is 19.3. The lowest BCUT2D eigenvalue weighted by atomic mass is 10.1. The summed E-state index contributed by atoms with van der Waals surface area (Å²) in [6, 6.07) is 9.93. The number of nitrogens with zero attached hydrogens (tertiary/aromatic N) is 2. The Morgan fingerprint density at radius 2 is 2.00 bits per heavy atom. The fourth-order valence-electron chi connectivity index (χ4n) is 2.89. The smallest absolute Gasteiger partial charge is 0.410 e. The first-order chi connectivity index (χ1) is 11.8. The third kappa shape index (κ3) is 5.77. The number of aliphatic hydroxyl groups excluding tert-OH is 1. The lowest BCUT2D eigenvalue weighted by Gasteiger charge is -2.29. The molecule has 5 nitrogen and oxygen atoms in total. The molecule has 1 amide bonds. The quantitative estimate of drug-likeness (QED) is 0.853. The van der Waals surface area contributed by atoms with Crippen LogP contribution in [-0.2, 0) is 11.3 Å². The number of amides is 1. The van der Waals surface area contributed by atoms with Gasteiger partial charge in [0.05, 0.1) is 25.2 Å². The number of β-amino-alcohol motifs (C(OH)–C–C–N with tert-alkyl or cyclic N) is 1. The summed E-state index contributed by atoms with van der Waals surface area (Å²) in [5, 5.41) is 10.5. The molecular formula is C20H28N2O3. The number of hydrogen-bond donors (Lipinski definition) is 1. The van der Waals surface area contributed by atoms with Crippen LogP contribution in [0, 0.1) is 11.8 Å². The monoisotopic (exact) mass is 344 g/mol. The SMILES string of the molecule is CC#CCN(Cc1ccccc1)[C@@H]1CN(C(=O)OC(C)(C)C)C[C@H]1O. The maximum absolute atomic E-state index is 12.3. The van der Waals surface area contributed by atoms with Gasteiger partial charge in [0.15, 0.2) is 0 Å². The molecule has 2 atom stereocenters. The van der Waals surface area contributed by atoms with Gasteiger partial charge in [-0.2, -0.15) is 0 Å². The van der Waals surface area contributed by atoms with E-state index in [9.17, 15) is 9.90 Å². The van der Waals surface area contributed by atoms with Crippen molar-refractivity contribution in [3.63, 3.8) is 0 Å². The van der Waals surface area contributed by atoms with Crippen LogP contribution in [0.25, 0.3) is 0 Å². The van der Waals surface area contributed by atoms with Crippen molar-refractivity contribution in [2.24, 2.45) is 0 Å². The molecule has 2 rings (SSSR count). The molecule has 1 fully saturated rings. The average Bonchev–Trinajstić information content (AvgIpc) is 2.93. The fraction of sp³-hybridized carbons (Fsp3) is 0.550. The highest BCUT2D eigenvalue weighted by Crippen LogP contribution is 2.21. The molecule has 0 bridgehead atoms. The fourth-order valence-corrected chi connectivity index (χ4v) is 2.89. The number of ether oxygens (including phenoxy) is 1. The van der Waals surface area contributed by atoms with Gasteiger partial charge in [0.2, 0.25) is 0 Å². The van der Waals surface area contributed by atoms with Crippen LogP contribution in [0.2, 0.25) is 0 Å². The van der Waals surface area contributed by atoms with Gasteiger partial charge in [-0.15, -0.1) is 5.92 Å². The summed E-state index contributed by atoms with van der Waals surface area (Å²) in [6.45, 7) is 9.28. The molecule has 1 aliphatic heterocycles. The Balaban J connectivity index is 2.08. The van der Waals surface area contributed by atoms with Crippen molar-refractivity contribution in [1.29, 1.82) is 0 Å². The predicted molar refractivity (Wildman–Crippen MR) is 97.9 cm³/mol. The number of aliphatic hydroxyl groups is 1. The number of carbonyl (C=O) groups is 1. The van der Waals surface area contributed by atoms with Gasteiger partial charge in [0, 0.05) is 13.1 Å². The molecule has 1 aliphatic rings. The Morgan fingerprint density at radius 3 is 2.60 bits per heavy atom. The topological polar surface area (TPSA) is 53.0 Å². The standard InChI is InChI=1S/C20H28N2O3/c1-5-6-12-21(13-16-10-8-7-9-11-16)17-14-22(15-18(17)23)19(24)25-20(2,3)4/h7-11,17-18,23H,12-15H2,1-4H3/t17-,18-/m1/s1. The molecule has 1 aromatic carbocycles. The maximum atomic E-state index is 12.3. The highest BCUT2D eigenvalue weighted by atomic mass is 16.6. The van der Waals surface area contributed by atoms with Crippen molar-refractivity contribution in [3.05, 3.63) is 35.9 Å². The zero-order valence-electron chi connectivity index (χ0n) is 15.5. The van der Waals surface area contributed by atoms with Gasteiger partial charge in [-0.3, -0.25) is 4.90 Å². The van der Waals surface area contributed by atoms with E-state index in [-0.39, 0.29) is 18.7 Å². The third-order valence-corrected chi connectivity index (χ3v) is 4.07. The Hall–Kier alpha value is -2.03. The Bertz CT molecular complexity index is 628. The van der Waals surface area contributed by atoms with E-state index in [1.807, 2.05) is 39.0 Å². The predicted octanol–water partition coefficient (Wildman–Crippen LogP) is 2.49. The molecule has 0 radical (unpaired) electrons. The van der Waals surface area contributed by atoms with E-state index in [2.05, 4.69) is 28.9 Å². The van der Waals surface area contributed by atoms with Gasteiger partial charge in [-0.05, 0) is 33.3 Å². The minimum atomic E-state index is -0.616. The van der Waals surface area contributed by atoms with E-state index in [4.69, 9.17) is 4.74 Å². The molecular weight excluding hydrogens is 316 g/mol. The third-order valence-electron chi connectivity index (χ3n) is 4.07. The summed E-state index contributed by atoms with van der Waals surface area (Å²) in [5.74, 6) is 5.99. The van der Waals surface area contributed by atoms with E-state index in [1.165, 1.54) is 0 Å². The van der Waals surface area contributed by atoms with Gasteiger partial charge >= 0.3 is 6.09 Å². The largest absolute Gasteiger partial charge is 0.444 e. The number of hydrogen-bond acceptors (Lipinski definition) is 4. The summed E-state index contributed by atoms with van der Waals surface area (Å²) in [6.07, 6.45) is -0.995. The first-order valence-corrected chi connectivity index (χ1v) is 8.63. The van der Waals surface area contributed by atoms with Gasteiger partial charge in [-0.1, -0.05) is 36.3 Å². The van der Waals surface area contributed by atoms with Crippen LogP contribution >= 0.6 is 0 Å². The first-order valence-electron chi connectivity index (χ1n) is 8.63. The number of likely N-dealkylation sites (tertiary alicyclic amines) is 1. The van der Waals surface area contributed by atoms with Gasteiger partial charge in [0.25, 0.3) is 0 Å². The van der Waals surface area contributed by atoms with Crippen LogP contribution in [0.15, 0.2) is 30.3 Å². The van der Waals surface area contributed by atoms with Gasteiger partial charge in [0.1, 0.15) is 5.60 Å². The molecule has 1 aromatic rings. The number of benzene rings is 1. The Labute approximate surface area is 150 Å². The lowest BCUT2D eigenvalue weighted by molar-refractivity contribution is 0.0269. The van der Waals surface area contributed by atoms with Gasteiger partial charge < -0.3 is 14.7 Å². The van der Waals surface area contributed by atoms with E-state index in [1.54, 1.807) is 11.8 Å². The van der Waals surface area contributed by atoms with Crippen LogP contribution in [-0.4, -0.2) is 58.4 Å². The van der Waals surface area contributed by atoms with Gasteiger partial charge in [-0.25, -0.2) is 4.79 Å². The molecule has 1 heterocycles. The highest BCUT2D eigenvalue weighted by Gasteiger charge is 2.39. The molecule has 5 heteroatoms. The van der Waals surface area contributed by atoms with E-state index in [0.717, 1.165) is 5.56 Å². The summed E-state index contributed by atoms with van der Waals surface area (Å²) in [5.41, 5.74) is 0.612. The Morgan fingerprint density at radius 1 is 1.32 bits per heavy atom. The Kier molecular flexibility index (Phi) is 6.46. The molecule has 1 N–H and O–H groups in total. The summed E-state index contributed by atoms with van der Waals surface area (Å²) in [4.78, 5) is 16.0. The van der Waals surface area contributed by atoms with Crippen LogP contribution in [0.4, 0.5) is 4.79 Å². The minimum Gasteiger partial charge on any atom is -0.444 e. The summed E-state index contributed by atoms with van der Waals surface area (Å²) < 4.78 is 5.43. The molecule has 25 heavy (non-hydrogen) atoms. The van der Waals surface area contributed by atoms with Crippen LogP contribution < -0.4 is 0 Å². The van der Waals surface area contributed by atoms with Crippen molar-refractivity contribution in [2.45, 2.75) is 52.0 Å². The van der Waals surface area contributed by atoms with Crippen LogP contribution in [0.5, 0.6) is 0 Å². The second-order valence-corrected chi connectivity index (χ2v) is 7.34. The van der Waals surface area contributed by atoms with Crippen molar-refractivity contribution in [3.8, 4) is 11.8 Å². The minimum absolute atomic E-state index is 0.159. The van der Waals surface area contributed by atoms with E-state index >= 15 is 0 Å². The molecule has 0 unspecified atom stereocenters. The zero-order valence-corrected chi connectivity index (χ0v) is 15.5. The maximum Gasteiger partial charge on any atom is 0.410 e. The van der Waals surface area contributed by atoms with Crippen molar-refractivity contribution < 1.29 is 14.6 Å². The van der Waals surface area contributed by atoms with Crippen molar-refractivity contribution in [2.75, 3.05) is 19.6 Å². The highest BCUT2D eigenvalue weighted by molar-refractivity contribution is 5.68. The van der Waals surface area contributed by atoms with Crippen LogP contribution in [0.3, 0.4) is 0 Å². The zero-order chi connectivity index (χ0) is 18.4. The lowest BCUT2D eigenvalue weighted by Crippen LogP contribution is -2.43. The second kappa shape index (κ2) is 8.37.